The Balaban J connectivity index is 1.58. The fourth-order valence-corrected chi connectivity index (χ4v) is 3.19. The van der Waals surface area contributed by atoms with Crippen LogP contribution in [0, 0.1) is 5.92 Å². The molecule has 0 aromatic carbocycles. The van der Waals surface area contributed by atoms with Crippen LogP contribution in [0.3, 0.4) is 0 Å². The number of hydrogen-bond donors (Lipinski definition) is 0. The van der Waals surface area contributed by atoms with Crippen molar-refractivity contribution in [3.05, 3.63) is 30.1 Å². The summed E-state index contributed by atoms with van der Waals surface area (Å²) < 4.78 is 5.88. The molecule has 1 aliphatic heterocycles. The van der Waals surface area contributed by atoms with E-state index in [1.54, 1.807) is 0 Å². The Morgan fingerprint density at radius 3 is 3.00 bits per heavy atom. The van der Waals surface area contributed by atoms with Crippen LogP contribution in [0.5, 0.6) is 0 Å². The first-order valence-corrected chi connectivity index (χ1v) is 7.16. The van der Waals surface area contributed by atoms with Crippen molar-refractivity contribution in [2.24, 2.45) is 5.92 Å². The molecule has 0 radical (unpaired) electrons. The lowest BCUT2D eigenvalue weighted by Gasteiger charge is -2.34. The minimum absolute atomic E-state index is 0.217. The summed E-state index contributed by atoms with van der Waals surface area (Å²) in [6.45, 7) is 4.24. The second-order valence-corrected chi connectivity index (χ2v) is 5.56. The monoisotopic (exact) mass is 246 g/mol. The molecule has 18 heavy (non-hydrogen) atoms. The molecule has 2 heterocycles. The first-order valence-electron chi connectivity index (χ1n) is 7.16. The summed E-state index contributed by atoms with van der Waals surface area (Å²) in [4.78, 5) is 6.77. The van der Waals surface area contributed by atoms with Crippen LogP contribution in [0.4, 0.5) is 0 Å². The van der Waals surface area contributed by atoms with Crippen LogP contribution in [-0.4, -0.2) is 36.1 Å². The van der Waals surface area contributed by atoms with Crippen molar-refractivity contribution in [3.63, 3.8) is 0 Å². The van der Waals surface area contributed by atoms with E-state index in [1.807, 2.05) is 18.5 Å². The molecule has 1 saturated heterocycles. The van der Waals surface area contributed by atoms with Gasteiger partial charge in [0.25, 0.3) is 0 Å². The molecule has 1 aliphatic carbocycles. The maximum atomic E-state index is 5.88. The lowest BCUT2D eigenvalue weighted by Crippen LogP contribution is -2.40. The van der Waals surface area contributed by atoms with Gasteiger partial charge in [-0.3, -0.25) is 9.88 Å². The number of pyridine rings is 1. The second-order valence-electron chi connectivity index (χ2n) is 5.56. The van der Waals surface area contributed by atoms with Crippen molar-refractivity contribution < 1.29 is 4.74 Å². The lowest BCUT2D eigenvalue weighted by molar-refractivity contribution is -0.0344. The van der Waals surface area contributed by atoms with Gasteiger partial charge in [0.2, 0.25) is 0 Å². The zero-order valence-corrected chi connectivity index (χ0v) is 10.9. The summed E-state index contributed by atoms with van der Waals surface area (Å²) in [7, 11) is 0. The number of rotatable bonds is 3. The third-order valence-electron chi connectivity index (χ3n) is 4.20. The van der Waals surface area contributed by atoms with Crippen LogP contribution in [-0.2, 0) is 4.74 Å². The van der Waals surface area contributed by atoms with Crippen LogP contribution in [0.2, 0.25) is 0 Å². The van der Waals surface area contributed by atoms with Gasteiger partial charge < -0.3 is 4.74 Å². The van der Waals surface area contributed by atoms with E-state index in [-0.39, 0.29) is 6.10 Å². The third-order valence-corrected chi connectivity index (χ3v) is 4.20. The van der Waals surface area contributed by atoms with Gasteiger partial charge in [-0.2, -0.15) is 0 Å². The van der Waals surface area contributed by atoms with E-state index in [9.17, 15) is 0 Å². The maximum absolute atomic E-state index is 5.88. The van der Waals surface area contributed by atoms with Gasteiger partial charge in [0.05, 0.1) is 12.7 Å². The fraction of sp³-hybridized carbons (Fsp3) is 0.667. The molecule has 0 bridgehead atoms. The molecule has 3 rings (SSSR count). The van der Waals surface area contributed by atoms with Crippen molar-refractivity contribution >= 4 is 0 Å². The molecule has 0 N–H and O–H groups in total. The zero-order chi connectivity index (χ0) is 12.2. The van der Waals surface area contributed by atoms with E-state index in [1.165, 1.54) is 37.8 Å². The molecule has 1 atom stereocenters. The van der Waals surface area contributed by atoms with Gasteiger partial charge in [-0.25, -0.2) is 0 Å². The minimum Gasteiger partial charge on any atom is -0.371 e. The highest BCUT2D eigenvalue weighted by Gasteiger charge is 2.25. The van der Waals surface area contributed by atoms with E-state index in [2.05, 4.69) is 16.0 Å². The zero-order valence-electron chi connectivity index (χ0n) is 10.9. The summed E-state index contributed by atoms with van der Waals surface area (Å²) in [6.07, 6.45) is 9.69. The van der Waals surface area contributed by atoms with E-state index in [0.717, 1.165) is 25.6 Å². The van der Waals surface area contributed by atoms with Crippen molar-refractivity contribution in [3.8, 4) is 0 Å². The Bertz CT molecular complexity index is 362. The SMILES string of the molecule is c1cncc([C@H]2CN(CC3CCCC3)CCO2)c1. The van der Waals surface area contributed by atoms with Crippen LogP contribution >= 0.6 is 0 Å². The van der Waals surface area contributed by atoms with Crippen molar-refractivity contribution in [1.82, 2.24) is 9.88 Å². The molecule has 1 saturated carbocycles. The van der Waals surface area contributed by atoms with Gasteiger partial charge in [-0.15, -0.1) is 0 Å². The van der Waals surface area contributed by atoms with Gasteiger partial charge in [-0.1, -0.05) is 18.9 Å². The van der Waals surface area contributed by atoms with Gasteiger partial charge in [-0.05, 0) is 24.8 Å². The molecule has 0 unspecified atom stereocenters. The number of nitrogens with zero attached hydrogens (tertiary/aromatic N) is 2. The molecule has 1 aromatic rings. The maximum Gasteiger partial charge on any atom is 0.0967 e. The van der Waals surface area contributed by atoms with Crippen LogP contribution in [0.1, 0.15) is 37.4 Å². The molecule has 1 aromatic heterocycles. The molecule has 98 valence electrons. The Labute approximate surface area is 109 Å². The molecule has 3 nitrogen and oxygen atoms in total. The van der Waals surface area contributed by atoms with Crippen molar-refractivity contribution in [1.29, 1.82) is 0 Å². The number of ether oxygens (including phenoxy) is 1. The minimum atomic E-state index is 0.217. The van der Waals surface area contributed by atoms with Crippen LogP contribution < -0.4 is 0 Å². The average molecular weight is 246 g/mol. The van der Waals surface area contributed by atoms with Gasteiger partial charge in [0, 0.05) is 37.6 Å². The van der Waals surface area contributed by atoms with Crippen molar-refractivity contribution in [2.45, 2.75) is 31.8 Å². The first kappa shape index (κ1) is 12.1. The molecule has 2 aliphatic rings. The van der Waals surface area contributed by atoms with Crippen LogP contribution in [0.15, 0.2) is 24.5 Å². The first-order chi connectivity index (χ1) is 8.92. The summed E-state index contributed by atoms with van der Waals surface area (Å²) in [6, 6.07) is 4.12. The average Bonchev–Trinajstić information content (AvgIpc) is 2.93. The lowest BCUT2D eigenvalue weighted by atomic mass is 10.1. The van der Waals surface area contributed by atoms with E-state index >= 15 is 0 Å². The van der Waals surface area contributed by atoms with E-state index in [4.69, 9.17) is 4.74 Å². The predicted octanol–water partition coefficient (Wildman–Crippen LogP) is 2.65. The third kappa shape index (κ3) is 2.90. The number of hydrogen-bond acceptors (Lipinski definition) is 3. The Morgan fingerprint density at radius 2 is 2.22 bits per heavy atom. The standard InChI is InChI=1S/C15H22N2O/c1-2-5-13(4-1)11-17-8-9-18-15(12-17)14-6-3-7-16-10-14/h3,6-7,10,13,15H,1-2,4-5,8-9,11-12H2/t15-/m1/s1. The number of morpholine rings is 1. The topological polar surface area (TPSA) is 25.4 Å². The predicted molar refractivity (Wildman–Crippen MR) is 71.3 cm³/mol. The Kier molecular flexibility index (Phi) is 3.91. The molecule has 2 fully saturated rings. The normalized spacial score (nSPS) is 26.6. The highest BCUT2D eigenvalue weighted by atomic mass is 16.5. The second kappa shape index (κ2) is 5.81. The molecule has 3 heteroatoms. The smallest absolute Gasteiger partial charge is 0.0967 e. The summed E-state index contributed by atoms with van der Waals surface area (Å²) in [5, 5.41) is 0. The van der Waals surface area contributed by atoms with Crippen LogP contribution in [0.25, 0.3) is 0 Å². The van der Waals surface area contributed by atoms with Crippen molar-refractivity contribution in [2.75, 3.05) is 26.2 Å². The summed E-state index contributed by atoms with van der Waals surface area (Å²) in [5.41, 5.74) is 1.22. The van der Waals surface area contributed by atoms with Gasteiger partial charge >= 0.3 is 0 Å². The Hall–Kier alpha value is -0.930. The number of aromatic nitrogens is 1. The quantitative estimate of drug-likeness (QED) is 0.820. The highest BCUT2D eigenvalue weighted by Crippen LogP contribution is 2.28. The van der Waals surface area contributed by atoms with Gasteiger partial charge in [0.15, 0.2) is 0 Å². The Morgan fingerprint density at radius 1 is 1.33 bits per heavy atom. The van der Waals surface area contributed by atoms with E-state index in [0.29, 0.717) is 0 Å². The summed E-state index contributed by atoms with van der Waals surface area (Å²) in [5.74, 6) is 0.928. The van der Waals surface area contributed by atoms with Gasteiger partial charge in [0.1, 0.15) is 0 Å². The fourth-order valence-electron chi connectivity index (χ4n) is 3.19. The highest BCUT2D eigenvalue weighted by molar-refractivity contribution is 5.13. The molecule has 0 amide bonds. The summed E-state index contributed by atoms with van der Waals surface area (Å²) >= 11 is 0. The molecular weight excluding hydrogens is 224 g/mol. The molecule has 0 spiro atoms. The molecular formula is C15H22N2O. The largest absolute Gasteiger partial charge is 0.371 e. The van der Waals surface area contributed by atoms with E-state index < -0.39 is 0 Å².